The number of carbonyl (C=O) groups is 1. The van der Waals surface area contributed by atoms with Gasteiger partial charge in [-0.1, -0.05) is 17.6 Å². The van der Waals surface area contributed by atoms with Crippen molar-refractivity contribution < 1.29 is 13.9 Å². The maximum absolute atomic E-state index is 13.1. The molecular formula is C9H8BFO2. The van der Waals surface area contributed by atoms with Gasteiger partial charge in [0.1, 0.15) is 13.7 Å². The average molecular weight is 178 g/mol. The Balaban J connectivity index is 3.01. The molecule has 0 bridgehead atoms. The van der Waals surface area contributed by atoms with E-state index in [1.807, 2.05) is 0 Å². The number of hydrogen-bond acceptors (Lipinski definition) is 2. The van der Waals surface area contributed by atoms with E-state index in [-0.39, 0.29) is 17.6 Å². The average Bonchev–Trinajstić information content (AvgIpc) is 2.10. The lowest BCUT2D eigenvalue weighted by molar-refractivity contribution is 0.0521. The third kappa shape index (κ3) is 2.08. The predicted molar refractivity (Wildman–Crippen MR) is 47.7 cm³/mol. The zero-order chi connectivity index (χ0) is 9.84. The van der Waals surface area contributed by atoms with Gasteiger partial charge in [0.25, 0.3) is 0 Å². The molecule has 0 aliphatic heterocycles. The van der Waals surface area contributed by atoms with Crippen LogP contribution < -0.4 is 5.46 Å². The van der Waals surface area contributed by atoms with E-state index in [4.69, 9.17) is 7.85 Å². The molecule has 1 aromatic rings. The van der Waals surface area contributed by atoms with E-state index in [1.165, 1.54) is 18.2 Å². The number of hydrogen-bond donors (Lipinski definition) is 0. The summed E-state index contributed by atoms with van der Waals surface area (Å²) in [7, 11) is 5.27. The summed E-state index contributed by atoms with van der Waals surface area (Å²) >= 11 is 0. The lowest BCUT2D eigenvalue weighted by Gasteiger charge is -2.04. The lowest BCUT2D eigenvalue weighted by atomic mass is 9.93. The van der Waals surface area contributed by atoms with Gasteiger partial charge in [0, 0.05) is 0 Å². The predicted octanol–water partition coefficient (Wildman–Crippen LogP) is 0.796. The highest BCUT2D eigenvalue weighted by Crippen LogP contribution is 2.05. The molecule has 4 heteroatoms. The molecule has 0 N–H and O–H groups in total. The van der Waals surface area contributed by atoms with Gasteiger partial charge in [-0.2, -0.15) is 0 Å². The normalized spacial score (nSPS) is 9.69. The molecule has 0 amide bonds. The summed E-state index contributed by atoms with van der Waals surface area (Å²) < 4.78 is 17.8. The van der Waals surface area contributed by atoms with Crippen molar-refractivity contribution in [2.45, 2.75) is 6.92 Å². The number of halogens is 1. The van der Waals surface area contributed by atoms with Gasteiger partial charge in [-0.25, -0.2) is 9.18 Å². The molecule has 0 atom stereocenters. The quantitative estimate of drug-likeness (QED) is 0.494. The van der Waals surface area contributed by atoms with Crippen LogP contribution in [0.3, 0.4) is 0 Å². The minimum atomic E-state index is -0.721. The summed E-state index contributed by atoms with van der Waals surface area (Å²) in [6, 6.07) is 4.23. The summed E-state index contributed by atoms with van der Waals surface area (Å²) in [5, 5.41) is 0. The van der Waals surface area contributed by atoms with E-state index in [9.17, 15) is 9.18 Å². The Labute approximate surface area is 77.1 Å². The molecule has 66 valence electrons. The zero-order valence-corrected chi connectivity index (χ0v) is 7.21. The van der Waals surface area contributed by atoms with Crippen LogP contribution in [-0.4, -0.2) is 20.4 Å². The van der Waals surface area contributed by atoms with Crippen molar-refractivity contribution in [1.29, 1.82) is 0 Å². The minimum absolute atomic E-state index is 0.0504. The monoisotopic (exact) mass is 178 g/mol. The molecule has 0 fully saturated rings. The van der Waals surface area contributed by atoms with Gasteiger partial charge >= 0.3 is 5.97 Å². The molecule has 0 saturated heterocycles. The zero-order valence-electron chi connectivity index (χ0n) is 7.21. The minimum Gasteiger partial charge on any atom is -0.462 e. The molecule has 13 heavy (non-hydrogen) atoms. The van der Waals surface area contributed by atoms with Crippen LogP contribution in [0, 0.1) is 5.82 Å². The van der Waals surface area contributed by atoms with Crippen LogP contribution in [0.2, 0.25) is 0 Å². The molecule has 2 nitrogen and oxygen atoms in total. The van der Waals surface area contributed by atoms with Crippen LogP contribution in [0.1, 0.15) is 17.3 Å². The first-order chi connectivity index (χ1) is 6.16. The molecule has 1 rings (SSSR count). The third-order valence-electron chi connectivity index (χ3n) is 1.52. The van der Waals surface area contributed by atoms with Gasteiger partial charge in [-0.05, 0) is 13.0 Å². The van der Waals surface area contributed by atoms with Crippen LogP contribution in [0.5, 0.6) is 0 Å². The van der Waals surface area contributed by atoms with Crippen molar-refractivity contribution in [1.82, 2.24) is 0 Å². The number of carbonyl (C=O) groups excluding carboxylic acids is 1. The second-order valence-electron chi connectivity index (χ2n) is 2.43. The van der Waals surface area contributed by atoms with Gasteiger partial charge in [-0.15, -0.1) is 0 Å². The van der Waals surface area contributed by atoms with Crippen molar-refractivity contribution in [3.63, 3.8) is 0 Å². The van der Waals surface area contributed by atoms with E-state index in [0.717, 1.165) is 0 Å². The van der Waals surface area contributed by atoms with E-state index < -0.39 is 11.8 Å². The molecule has 1 aromatic carbocycles. The van der Waals surface area contributed by atoms with Crippen LogP contribution in [0.4, 0.5) is 4.39 Å². The summed E-state index contributed by atoms with van der Waals surface area (Å²) in [4.78, 5) is 11.1. The summed E-state index contributed by atoms with van der Waals surface area (Å²) in [5.41, 5.74) is -0.174. The van der Waals surface area contributed by atoms with E-state index >= 15 is 0 Å². The Morgan fingerprint density at radius 3 is 2.92 bits per heavy atom. The first kappa shape index (κ1) is 9.77. The Morgan fingerprint density at radius 1 is 1.62 bits per heavy atom. The fraction of sp³-hybridized carbons (Fsp3) is 0.222. The third-order valence-corrected chi connectivity index (χ3v) is 1.52. The molecule has 0 aromatic heterocycles. The summed E-state index contributed by atoms with van der Waals surface area (Å²) in [6.07, 6.45) is 0. The largest absolute Gasteiger partial charge is 0.462 e. The molecule has 2 radical (unpaired) electrons. The van der Waals surface area contributed by atoms with Crippen molar-refractivity contribution in [3.8, 4) is 0 Å². The van der Waals surface area contributed by atoms with E-state index in [2.05, 4.69) is 4.74 Å². The van der Waals surface area contributed by atoms with Crippen LogP contribution >= 0.6 is 0 Å². The van der Waals surface area contributed by atoms with Gasteiger partial charge in [0.15, 0.2) is 0 Å². The smallest absolute Gasteiger partial charge is 0.341 e. The van der Waals surface area contributed by atoms with Gasteiger partial charge < -0.3 is 4.74 Å². The highest BCUT2D eigenvalue weighted by molar-refractivity contribution is 6.32. The summed E-state index contributed by atoms with van der Waals surface area (Å²) in [5.74, 6) is -1.41. The number of ether oxygens (including phenoxy) is 1. The van der Waals surface area contributed by atoms with Crippen molar-refractivity contribution >= 4 is 19.3 Å². The Bertz CT molecular complexity index is 325. The first-order valence-electron chi connectivity index (χ1n) is 3.88. The number of benzene rings is 1. The Kier molecular flexibility index (Phi) is 3.06. The standard InChI is InChI=1S/C9H8BFO2/c1-2-13-9(12)6-4-3-5-7(10)8(6)11/h3-5H,2H2,1H3. The SMILES string of the molecule is [B]c1cccc(C(=O)OCC)c1F. The second kappa shape index (κ2) is 4.07. The van der Waals surface area contributed by atoms with Gasteiger partial charge in [0.2, 0.25) is 0 Å². The van der Waals surface area contributed by atoms with Crippen LogP contribution in [0.15, 0.2) is 18.2 Å². The van der Waals surface area contributed by atoms with Crippen LogP contribution in [0.25, 0.3) is 0 Å². The number of rotatable bonds is 2. The molecule has 0 saturated carbocycles. The molecular weight excluding hydrogens is 170 g/mol. The fourth-order valence-electron chi connectivity index (χ4n) is 0.916. The number of esters is 1. The molecule has 0 unspecified atom stereocenters. The van der Waals surface area contributed by atoms with Gasteiger partial charge in [0.05, 0.1) is 12.2 Å². The first-order valence-corrected chi connectivity index (χ1v) is 3.88. The topological polar surface area (TPSA) is 26.3 Å². The highest BCUT2D eigenvalue weighted by atomic mass is 19.1. The Morgan fingerprint density at radius 2 is 2.31 bits per heavy atom. The summed E-state index contributed by atoms with van der Waals surface area (Å²) in [6.45, 7) is 1.87. The van der Waals surface area contributed by atoms with Crippen molar-refractivity contribution in [2.24, 2.45) is 0 Å². The van der Waals surface area contributed by atoms with E-state index in [0.29, 0.717) is 0 Å². The maximum Gasteiger partial charge on any atom is 0.341 e. The lowest BCUT2D eigenvalue weighted by Crippen LogP contribution is -2.16. The fourth-order valence-corrected chi connectivity index (χ4v) is 0.916. The highest BCUT2D eigenvalue weighted by Gasteiger charge is 2.12. The Hall–Kier alpha value is -1.32. The van der Waals surface area contributed by atoms with Gasteiger partial charge in [-0.3, -0.25) is 0 Å². The molecule has 0 spiro atoms. The van der Waals surface area contributed by atoms with E-state index in [1.54, 1.807) is 6.92 Å². The molecule has 0 heterocycles. The maximum atomic E-state index is 13.1. The molecule has 0 aliphatic carbocycles. The molecule has 0 aliphatic rings. The van der Waals surface area contributed by atoms with Crippen molar-refractivity contribution in [3.05, 3.63) is 29.6 Å². The van der Waals surface area contributed by atoms with Crippen LogP contribution in [-0.2, 0) is 4.74 Å². The van der Waals surface area contributed by atoms with Crippen molar-refractivity contribution in [2.75, 3.05) is 6.61 Å². The second-order valence-corrected chi connectivity index (χ2v) is 2.43.